The van der Waals surface area contributed by atoms with Crippen molar-refractivity contribution in [2.75, 3.05) is 25.3 Å². The molecule has 3 amide bonds. The second kappa shape index (κ2) is 13.2. The number of hydrazine groups is 1. The minimum Gasteiger partial charge on any atom is -0.453 e. The molecule has 0 unspecified atom stereocenters. The number of aromatic nitrogens is 2. The number of amides is 3. The zero-order chi connectivity index (χ0) is 29.5. The Balaban J connectivity index is 1.33. The first-order valence-corrected chi connectivity index (χ1v) is 13.7. The third-order valence-corrected chi connectivity index (χ3v) is 7.29. The molecule has 0 aliphatic heterocycles. The van der Waals surface area contributed by atoms with E-state index in [2.05, 4.69) is 20.7 Å². The maximum Gasteiger partial charge on any atom is 0.338 e. The lowest BCUT2D eigenvalue weighted by Crippen LogP contribution is -2.49. The van der Waals surface area contributed by atoms with E-state index in [1.807, 2.05) is 24.4 Å². The molecular formula is C30H27FN6O4S. The van der Waals surface area contributed by atoms with Gasteiger partial charge < -0.3 is 20.5 Å². The predicted octanol–water partition coefficient (Wildman–Crippen LogP) is 5.26. The molecule has 0 spiro atoms. The normalized spacial score (nSPS) is 10.9. The van der Waals surface area contributed by atoms with Gasteiger partial charge in [-0.3, -0.25) is 20.2 Å². The van der Waals surface area contributed by atoms with Gasteiger partial charge in [-0.15, -0.1) is 11.3 Å². The van der Waals surface area contributed by atoms with Gasteiger partial charge in [0.2, 0.25) is 0 Å². The molecule has 12 heteroatoms. The molecular weight excluding hydrogens is 559 g/mol. The number of nitrogens with one attached hydrogen (secondary N) is 2. The quantitative estimate of drug-likeness (QED) is 0.150. The maximum atomic E-state index is 15.2. The molecule has 0 saturated carbocycles. The molecule has 0 radical (unpaired) electrons. The average Bonchev–Trinajstić information content (AvgIpc) is 3.45. The Morgan fingerprint density at radius 1 is 1.02 bits per heavy atom. The Kier molecular flexibility index (Phi) is 8.97. The molecule has 42 heavy (non-hydrogen) atoms. The Bertz CT molecular complexity index is 1700. The highest BCUT2D eigenvalue weighted by molar-refractivity contribution is 7.22. The van der Waals surface area contributed by atoms with Crippen molar-refractivity contribution in [3.63, 3.8) is 0 Å². The Morgan fingerprint density at radius 3 is 2.57 bits per heavy atom. The average molecular weight is 587 g/mol. The monoisotopic (exact) mass is 586 g/mol. The predicted molar refractivity (Wildman–Crippen MR) is 159 cm³/mol. The minimum absolute atomic E-state index is 0.0262. The molecule has 0 bridgehead atoms. The number of hydrogen-bond donors (Lipinski definition) is 3. The third-order valence-electron chi connectivity index (χ3n) is 6.13. The number of rotatable bonds is 10. The smallest absolute Gasteiger partial charge is 0.338 e. The third kappa shape index (κ3) is 6.69. The summed E-state index contributed by atoms with van der Waals surface area (Å²) in [5.74, 6) is -1.01. The lowest BCUT2D eigenvalue weighted by molar-refractivity contribution is 0.0950. The minimum atomic E-state index is -0.988. The number of carbonyl (C=O) groups excluding carboxylic acids is 2. The SMILES string of the molecule is COCCNCc1ccc(-c2cc3nccc(Oc4ccc(N(NC(=O)c5ccccc5)C(N)=O)cc4F)c3s2)nc1. The van der Waals surface area contributed by atoms with Crippen LogP contribution in [0.3, 0.4) is 0 Å². The number of hydrogen-bond acceptors (Lipinski definition) is 8. The van der Waals surface area contributed by atoms with E-state index >= 15 is 4.39 Å². The van der Waals surface area contributed by atoms with Crippen molar-refractivity contribution < 1.29 is 23.5 Å². The van der Waals surface area contributed by atoms with Gasteiger partial charge in [-0.05, 0) is 42.0 Å². The second-order valence-corrected chi connectivity index (χ2v) is 10.1. The second-order valence-electron chi connectivity index (χ2n) is 9.05. The van der Waals surface area contributed by atoms with Gasteiger partial charge >= 0.3 is 6.03 Å². The fourth-order valence-corrected chi connectivity index (χ4v) is 5.08. The summed E-state index contributed by atoms with van der Waals surface area (Å²) in [6, 6.07) is 18.6. The highest BCUT2D eigenvalue weighted by atomic mass is 32.1. The van der Waals surface area contributed by atoms with Crippen LogP contribution < -0.4 is 26.2 Å². The van der Waals surface area contributed by atoms with Crippen LogP contribution in [0.2, 0.25) is 0 Å². The van der Waals surface area contributed by atoms with Crippen LogP contribution in [0.25, 0.3) is 20.8 Å². The van der Waals surface area contributed by atoms with Crippen molar-refractivity contribution in [1.82, 2.24) is 20.7 Å². The summed E-state index contributed by atoms with van der Waals surface area (Å²) in [4.78, 5) is 34.5. The molecule has 2 aromatic carbocycles. The van der Waals surface area contributed by atoms with Crippen LogP contribution in [-0.2, 0) is 11.3 Å². The van der Waals surface area contributed by atoms with Gasteiger partial charge in [-0.2, -0.15) is 0 Å². The van der Waals surface area contributed by atoms with E-state index in [0.29, 0.717) is 30.0 Å². The van der Waals surface area contributed by atoms with Gasteiger partial charge in [0.25, 0.3) is 5.91 Å². The van der Waals surface area contributed by atoms with E-state index in [1.165, 1.54) is 23.5 Å². The van der Waals surface area contributed by atoms with Gasteiger partial charge in [0.05, 0.1) is 33.1 Å². The van der Waals surface area contributed by atoms with Crippen molar-refractivity contribution in [1.29, 1.82) is 0 Å². The molecule has 10 nitrogen and oxygen atoms in total. The van der Waals surface area contributed by atoms with Crippen LogP contribution in [-0.4, -0.2) is 42.2 Å². The first-order chi connectivity index (χ1) is 20.4. The first kappa shape index (κ1) is 28.6. The standard InChI is InChI=1S/C30H27FN6O4S/c1-40-14-13-33-17-19-7-9-23(35-18-19)27-16-24-28(42-27)26(11-12-34-24)41-25-10-8-21(15-22(25)31)37(30(32)39)36-29(38)20-5-3-2-4-6-20/h2-12,15-16,18,33H,13-14,17H2,1H3,(H2,32,39)(H,36,38). The summed E-state index contributed by atoms with van der Waals surface area (Å²) < 4.78 is 26.9. The number of carbonyl (C=O) groups is 2. The summed E-state index contributed by atoms with van der Waals surface area (Å²) in [6.07, 6.45) is 3.40. The first-order valence-electron chi connectivity index (χ1n) is 12.9. The van der Waals surface area contributed by atoms with E-state index in [0.717, 1.165) is 38.5 Å². The molecule has 5 aromatic rings. The Hall–Kier alpha value is -4.91. The number of methoxy groups -OCH3 is 1. The van der Waals surface area contributed by atoms with Gasteiger partial charge in [0.1, 0.15) is 5.75 Å². The number of anilines is 1. The van der Waals surface area contributed by atoms with Crippen molar-refractivity contribution >= 4 is 39.2 Å². The number of pyridine rings is 2. The van der Waals surface area contributed by atoms with Gasteiger partial charge in [0, 0.05) is 50.3 Å². The topological polar surface area (TPSA) is 132 Å². The van der Waals surface area contributed by atoms with Crippen molar-refractivity contribution in [2.45, 2.75) is 6.54 Å². The molecule has 214 valence electrons. The zero-order valence-electron chi connectivity index (χ0n) is 22.5. The van der Waals surface area contributed by atoms with E-state index < -0.39 is 17.8 Å². The summed E-state index contributed by atoms with van der Waals surface area (Å²) in [5, 5.41) is 4.06. The number of thiophene rings is 1. The molecule has 5 rings (SSSR count). The molecule has 3 heterocycles. The lowest BCUT2D eigenvalue weighted by atomic mass is 10.2. The number of urea groups is 1. The largest absolute Gasteiger partial charge is 0.453 e. The van der Waals surface area contributed by atoms with Crippen LogP contribution in [0.5, 0.6) is 11.5 Å². The maximum absolute atomic E-state index is 15.2. The van der Waals surface area contributed by atoms with Crippen LogP contribution in [0.1, 0.15) is 15.9 Å². The molecule has 0 aliphatic rings. The molecule has 0 atom stereocenters. The van der Waals surface area contributed by atoms with E-state index in [-0.39, 0.29) is 11.4 Å². The van der Waals surface area contributed by atoms with Gasteiger partial charge in [0.15, 0.2) is 11.6 Å². The lowest BCUT2D eigenvalue weighted by Gasteiger charge is -2.21. The van der Waals surface area contributed by atoms with Crippen LogP contribution in [0, 0.1) is 5.82 Å². The number of nitrogens with two attached hydrogens (primary N) is 1. The highest BCUT2D eigenvalue weighted by Gasteiger charge is 2.20. The van der Waals surface area contributed by atoms with Gasteiger partial charge in [-0.25, -0.2) is 14.2 Å². The number of nitrogens with zero attached hydrogens (tertiary/aromatic N) is 3. The summed E-state index contributed by atoms with van der Waals surface area (Å²) >= 11 is 1.43. The number of primary amides is 1. The summed E-state index contributed by atoms with van der Waals surface area (Å²) in [5.41, 5.74) is 10.7. The number of halogens is 1. The van der Waals surface area contributed by atoms with Crippen molar-refractivity contribution in [2.24, 2.45) is 5.73 Å². The molecule has 0 aliphatic carbocycles. The van der Waals surface area contributed by atoms with Crippen LogP contribution in [0.4, 0.5) is 14.9 Å². The molecule has 4 N–H and O–H groups in total. The number of fused-ring (bicyclic) bond motifs is 1. The van der Waals surface area contributed by atoms with Crippen molar-refractivity contribution in [3.8, 4) is 22.1 Å². The van der Waals surface area contributed by atoms with E-state index in [4.69, 9.17) is 15.2 Å². The summed E-state index contributed by atoms with van der Waals surface area (Å²) in [7, 11) is 1.66. The van der Waals surface area contributed by atoms with Crippen LogP contribution >= 0.6 is 11.3 Å². The number of ether oxygens (including phenoxy) is 2. The van der Waals surface area contributed by atoms with Gasteiger partial charge in [-0.1, -0.05) is 24.3 Å². The van der Waals surface area contributed by atoms with E-state index in [9.17, 15) is 9.59 Å². The molecule has 3 aromatic heterocycles. The molecule has 0 fully saturated rings. The summed E-state index contributed by atoms with van der Waals surface area (Å²) in [6.45, 7) is 2.07. The fourth-order valence-electron chi connectivity index (χ4n) is 4.04. The number of benzene rings is 2. The highest BCUT2D eigenvalue weighted by Crippen LogP contribution is 2.39. The van der Waals surface area contributed by atoms with Crippen LogP contribution in [0.15, 0.2) is 85.2 Å². The Morgan fingerprint density at radius 2 is 1.86 bits per heavy atom. The molecule has 0 saturated heterocycles. The van der Waals surface area contributed by atoms with Crippen molar-refractivity contribution in [3.05, 3.63) is 102 Å². The van der Waals surface area contributed by atoms with E-state index in [1.54, 1.807) is 49.7 Å². The Labute approximate surface area is 244 Å². The zero-order valence-corrected chi connectivity index (χ0v) is 23.4. The fraction of sp³-hybridized carbons (Fsp3) is 0.133.